The summed E-state index contributed by atoms with van der Waals surface area (Å²) in [7, 11) is -3.03. The van der Waals surface area contributed by atoms with Gasteiger partial charge in [0, 0.05) is 28.5 Å². The zero-order valence-electron chi connectivity index (χ0n) is 10.0. The van der Waals surface area contributed by atoms with Gasteiger partial charge < -0.3 is 4.90 Å². The van der Waals surface area contributed by atoms with Gasteiger partial charge >= 0.3 is 0 Å². The Morgan fingerprint density at radius 3 is 2.78 bits per heavy atom. The Hall–Kier alpha value is -0.630. The van der Waals surface area contributed by atoms with E-state index >= 15 is 0 Å². The maximum absolute atomic E-state index is 12.2. The number of halogens is 1. The van der Waals surface area contributed by atoms with Gasteiger partial charge in [-0.25, -0.2) is 8.42 Å². The second kappa shape index (κ2) is 5.16. The van der Waals surface area contributed by atoms with Gasteiger partial charge in [-0.2, -0.15) is 0 Å². The summed E-state index contributed by atoms with van der Waals surface area (Å²) in [6, 6.07) is 5.83. The lowest BCUT2D eigenvalue weighted by molar-refractivity contribution is 0.0750. The number of carbonyl (C=O) groups is 1. The largest absolute Gasteiger partial charge is 0.337 e. The SMILES string of the molecule is CS(=O)(=O)CCN1CCc2ccc(I)cc2C1=O. The third kappa shape index (κ3) is 3.23. The summed E-state index contributed by atoms with van der Waals surface area (Å²) in [5.74, 6) is -0.0312. The first kappa shape index (κ1) is 13.8. The smallest absolute Gasteiger partial charge is 0.254 e. The lowest BCUT2D eigenvalue weighted by Gasteiger charge is -2.28. The fourth-order valence-corrected chi connectivity index (χ4v) is 3.03. The van der Waals surface area contributed by atoms with Crippen molar-refractivity contribution in [3.8, 4) is 0 Å². The molecule has 1 aliphatic heterocycles. The van der Waals surface area contributed by atoms with Gasteiger partial charge in [-0.3, -0.25) is 4.79 Å². The highest BCUT2D eigenvalue weighted by Gasteiger charge is 2.24. The summed E-state index contributed by atoms with van der Waals surface area (Å²) in [5.41, 5.74) is 1.76. The molecule has 1 aromatic carbocycles. The van der Waals surface area contributed by atoms with Crippen LogP contribution in [0.3, 0.4) is 0 Å². The minimum atomic E-state index is -3.03. The molecule has 2 rings (SSSR count). The van der Waals surface area contributed by atoms with Gasteiger partial charge in [0.1, 0.15) is 9.84 Å². The maximum Gasteiger partial charge on any atom is 0.254 e. The number of hydrogen-bond acceptors (Lipinski definition) is 3. The summed E-state index contributed by atoms with van der Waals surface area (Å²) in [6.45, 7) is 0.879. The van der Waals surface area contributed by atoms with Gasteiger partial charge in [0.15, 0.2) is 0 Å². The molecule has 0 saturated heterocycles. The van der Waals surface area contributed by atoms with Crippen molar-refractivity contribution in [3.63, 3.8) is 0 Å². The van der Waals surface area contributed by atoms with E-state index in [1.807, 2.05) is 18.2 Å². The highest BCUT2D eigenvalue weighted by molar-refractivity contribution is 14.1. The van der Waals surface area contributed by atoms with E-state index in [0.717, 1.165) is 15.6 Å². The Morgan fingerprint density at radius 2 is 2.11 bits per heavy atom. The Bertz CT molecular complexity index is 583. The minimum absolute atomic E-state index is 0.0258. The van der Waals surface area contributed by atoms with Crippen molar-refractivity contribution in [2.24, 2.45) is 0 Å². The average Bonchev–Trinajstić information content (AvgIpc) is 2.28. The molecule has 0 unspecified atom stereocenters. The van der Waals surface area contributed by atoms with Crippen molar-refractivity contribution in [2.45, 2.75) is 6.42 Å². The molecule has 0 bridgehead atoms. The van der Waals surface area contributed by atoms with Crippen molar-refractivity contribution in [1.82, 2.24) is 4.90 Å². The number of nitrogens with zero attached hydrogens (tertiary/aromatic N) is 1. The molecule has 1 heterocycles. The lowest BCUT2D eigenvalue weighted by Crippen LogP contribution is -2.40. The van der Waals surface area contributed by atoms with Gasteiger partial charge in [0.05, 0.1) is 5.75 Å². The summed E-state index contributed by atoms with van der Waals surface area (Å²) in [5, 5.41) is 0. The van der Waals surface area contributed by atoms with Crippen LogP contribution < -0.4 is 0 Å². The normalized spacial score (nSPS) is 15.7. The van der Waals surface area contributed by atoms with Crippen LogP contribution in [0.4, 0.5) is 0 Å². The van der Waals surface area contributed by atoms with Gasteiger partial charge in [0.25, 0.3) is 5.91 Å². The van der Waals surface area contributed by atoms with Gasteiger partial charge in [-0.15, -0.1) is 0 Å². The molecule has 4 nitrogen and oxygen atoms in total. The van der Waals surface area contributed by atoms with Crippen LogP contribution in [-0.2, 0) is 16.3 Å². The van der Waals surface area contributed by atoms with Crippen LogP contribution in [0.1, 0.15) is 15.9 Å². The van der Waals surface area contributed by atoms with Gasteiger partial charge in [-0.1, -0.05) is 6.07 Å². The average molecular weight is 379 g/mol. The molecule has 0 aliphatic carbocycles. The third-order valence-electron chi connectivity index (χ3n) is 2.97. The third-order valence-corrected chi connectivity index (χ3v) is 4.57. The van der Waals surface area contributed by atoms with Crippen LogP contribution in [-0.4, -0.2) is 44.3 Å². The summed E-state index contributed by atoms with van der Waals surface area (Å²) in [4.78, 5) is 13.8. The van der Waals surface area contributed by atoms with Crippen molar-refractivity contribution < 1.29 is 13.2 Å². The first-order valence-corrected chi connectivity index (χ1v) is 8.76. The number of hydrogen-bond donors (Lipinski definition) is 0. The van der Waals surface area contributed by atoms with E-state index in [1.54, 1.807) is 4.90 Å². The van der Waals surface area contributed by atoms with E-state index in [2.05, 4.69) is 22.6 Å². The Kier molecular flexibility index (Phi) is 3.96. The number of carbonyl (C=O) groups excluding carboxylic acids is 1. The number of fused-ring (bicyclic) bond motifs is 1. The fourth-order valence-electron chi connectivity index (χ4n) is 1.98. The highest BCUT2D eigenvalue weighted by atomic mass is 127. The molecule has 1 aromatic rings. The topological polar surface area (TPSA) is 54.5 Å². The van der Waals surface area contributed by atoms with E-state index in [-0.39, 0.29) is 18.2 Å². The summed E-state index contributed by atoms with van der Waals surface area (Å²) >= 11 is 2.17. The molecule has 0 fully saturated rings. The van der Waals surface area contributed by atoms with Crippen LogP contribution in [0.2, 0.25) is 0 Å². The number of amides is 1. The lowest BCUT2D eigenvalue weighted by atomic mass is 9.99. The van der Waals surface area contributed by atoms with Crippen LogP contribution in [0.15, 0.2) is 18.2 Å². The van der Waals surface area contributed by atoms with E-state index in [1.165, 1.54) is 6.26 Å². The molecule has 0 N–H and O–H groups in total. The first-order chi connectivity index (χ1) is 8.37. The fraction of sp³-hybridized carbons (Fsp3) is 0.417. The zero-order chi connectivity index (χ0) is 13.3. The van der Waals surface area contributed by atoms with Crippen molar-refractivity contribution in [2.75, 3.05) is 25.1 Å². The predicted molar refractivity (Wildman–Crippen MR) is 78.5 cm³/mol. The molecule has 0 atom stereocenters. The maximum atomic E-state index is 12.2. The molecule has 0 saturated carbocycles. The highest BCUT2D eigenvalue weighted by Crippen LogP contribution is 2.21. The Morgan fingerprint density at radius 1 is 1.39 bits per heavy atom. The zero-order valence-corrected chi connectivity index (χ0v) is 13.0. The summed E-state index contributed by atoms with van der Waals surface area (Å²) in [6.07, 6.45) is 1.99. The minimum Gasteiger partial charge on any atom is -0.337 e. The van der Waals surface area contributed by atoms with E-state index < -0.39 is 9.84 Å². The van der Waals surface area contributed by atoms with Crippen LogP contribution in [0.5, 0.6) is 0 Å². The first-order valence-electron chi connectivity index (χ1n) is 5.62. The van der Waals surface area contributed by atoms with Crippen LogP contribution >= 0.6 is 22.6 Å². The quantitative estimate of drug-likeness (QED) is 0.745. The molecule has 0 spiro atoms. The molecular formula is C12H14INO3S. The number of benzene rings is 1. The number of rotatable bonds is 3. The van der Waals surface area contributed by atoms with Crippen LogP contribution in [0, 0.1) is 3.57 Å². The Labute approximate surface area is 120 Å². The monoisotopic (exact) mass is 379 g/mol. The second-order valence-corrected chi connectivity index (χ2v) is 7.98. The second-order valence-electron chi connectivity index (χ2n) is 4.47. The van der Waals surface area contributed by atoms with E-state index in [0.29, 0.717) is 12.1 Å². The standard InChI is InChI=1S/C12H14INO3S/c1-18(16,17)7-6-14-5-4-9-2-3-10(13)8-11(9)12(14)15/h2-3,8H,4-7H2,1H3. The molecule has 1 aliphatic rings. The molecule has 6 heteroatoms. The molecule has 18 heavy (non-hydrogen) atoms. The molecule has 98 valence electrons. The van der Waals surface area contributed by atoms with Gasteiger partial charge in [0.2, 0.25) is 0 Å². The predicted octanol–water partition coefficient (Wildman–Crippen LogP) is 1.33. The van der Waals surface area contributed by atoms with E-state index in [9.17, 15) is 13.2 Å². The van der Waals surface area contributed by atoms with Crippen molar-refractivity contribution in [3.05, 3.63) is 32.9 Å². The van der Waals surface area contributed by atoms with Gasteiger partial charge in [-0.05, 0) is 46.7 Å². The molecule has 0 aromatic heterocycles. The summed E-state index contributed by atoms with van der Waals surface area (Å²) < 4.78 is 23.3. The Balaban J connectivity index is 2.17. The van der Waals surface area contributed by atoms with E-state index in [4.69, 9.17) is 0 Å². The van der Waals surface area contributed by atoms with Crippen LogP contribution in [0.25, 0.3) is 0 Å². The van der Waals surface area contributed by atoms with Crippen molar-refractivity contribution >= 4 is 38.3 Å². The van der Waals surface area contributed by atoms with Crippen molar-refractivity contribution in [1.29, 1.82) is 0 Å². The molecular weight excluding hydrogens is 365 g/mol. The number of sulfone groups is 1. The molecule has 0 radical (unpaired) electrons. The molecule has 1 amide bonds.